The monoisotopic (exact) mass is 368 g/mol. The minimum atomic E-state index is -1.05. The number of nitrogens with zero attached hydrogens (tertiary/aromatic N) is 1. The van der Waals surface area contributed by atoms with Crippen molar-refractivity contribution in [3.8, 4) is 0 Å². The molecule has 0 saturated carbocycles. The van der Waals surface area contributed by atoms with Gasteiger partial charge in [0, 0.05) is 17.7 Å². The Morgan fingerprint density at radius 1 is 1.36 bits per heavy atom. The fraction of sp³-hybridized carbons (Fsp3) is 0.200. The molecule has 0 unspecified atom stereocenters. The molecule has 0 radical (unpaired) electrons. The Morgan fingerprint density at radius 3 is 2.68 bits per heavy atom. The summed E-state index contributed by atoms with van der Waals surface area (Å²) in [6.07, 6.45) is 0.642. The van der Waals surface area contributed by atoms with Gasteiger partial charge in [0.2, 0.25) is 0 Å². The van der Waals surface area contributed by atoms with E-state index < -0.39 is 23.8 Å². The van der Waals surface area contributed by atoms with Crippen LogP contribution in [0.3, 0.4) is 0 Å². The fourth-order valence-electron chi connectivity index (χ4n) is 1.77. The van der Waals surface area contributed by atoms with Gasteiger partial charge in [0.25, 0.3) is 5.91 Å². The van der Waals surface area contributed by atoms with Crippen LogP contribution in [-0.2, 0) is 16.6 Å². The van der Waals surface area contributed by atoms with E-state index >= 15 is 0 Å². The molecule has 2 aromatic rings. The number of benzene rings is 1. The van der Waals surface area contributed by atoms with Crippen molar-refractivity contribution in [1.29, 1.82) is 0 Å². The van der Waals surface area contributed by atoms with Gasteiger partial charge in [-0.05, 0) is 37.3 Å². The first kappa shape index (κ1) is 16.2. The Hall–Kier alpha value is -2.15. The quantitative estimate of drug-likeness (QED) is 0.843. The number of anilines is 1. The van der Waals surface area contributed by atoms with Crippen LogP contribution in [0.25, 0.3) is 0 Å². The number of ether oxygens (including phenoxy) is 1. The van der Waals surface area contributed by atoms with Gasteiger partial charge < -0.3 is 14.6 Å². The summed E-state index contributed by atoms with van der Waals surface area (Å²) >= 11 is 3.13. The zero-order valence-electron chi connectivity index (χ0n) is 12.0. The topological polar surface area (TPSA) is 60.3 Å². The number of halogens is 2. The summed E-state index contributed by atoms with van der Waals surface area (Å²) in [6.45, 7) is 1.42. The lowest BCUT2D eigenvalue weighted by Crippen LogP contribution is -2.30. The smallest absolute Gasteiger partial charge is 0.355 e. The minimum absolute atomic E-state index is 0.0231. The number of amides is 1. The predicted molar refractivity (Wildman–Crippen MR) is 83.0 cm³/mol. The van der Waals surface area contributed by atoms with Crippen LogP contribution in [-0.4, -0.2) is 22.5 Å². The standard InChI is InChI=1S/C15H14BrFN2O3/c1-9(22-15(21)13-4-3-7-19(13)2)14(20)18-12-6-5-10(16)8-11(12)17/h3-9H,1-2H3,(H,18,20)/t9-/m0/s1. The maximum atomic E-state index is 13.7. The SMILES string of the molecule is C[C@H](OC(=O)c1cccn1C)C(=O)Nc1ccc(Br)cc1F. The molecule has 1 amide bonds. The van der Waals surface area contributed by atoms with E-state index in [0.29, 0.717) is 10.2 Å². The highest BCUT2D eigenvalue weighted by Gasteiger charge is 2.21. The molecule has 7 heteroatoms. The Labute approximate surface area is 135 Å². The lowest BCUT2D eigenvalue weighted by atomic mass is 10.3. The highest BCUT2D eigenvalue weighted by Crippen LogP contribution is 2.19. The summed E-state index contributed by atoms with van der Waals surface area (Å²) in [6, 6.07) is 7.53. The molecule has 5 nitrogen and oxygen atoms in total. The van der Waals surface area contributed by atoms with Crippen molar-refractivity contribution in [2.45, 2.75) is 13.0 Å². The average molecular weight is 369 g/mol. The summed E-state index contributed by atoms with van der Waals surface area (Å²) in [7, 11) is 1.69. The lowest BCUT2D eigenvalue weighted by Gasteiger charge is -2.14. The molecule has 0 bridgehead atoms. The Morgan fingerprint density at radius 2 is 2.09 bits per heavy atom. The van der Waals surface area contributed by atoms with Crippen LogP contribution in [0.15, 0.2) is 41.0 Å². The zero-order chi connectivity index (χ0) is 16.3. The molecular weight excluding hydrogens is 355 g/mol. The van der Waals surface area contributed by atoms with Gasteiger partial charge in [-0.15, -0.1) is 0 Å². The van der Waals surface area contributed by atoms with E-state index in [2.05, 4.69) is 21.2 Å². The summed E-state index contributed by atoms with van der Waals surface area (Å²) in [5.41, 5.74) is 0.351. The number of hydrogen-bond acceptors (Lipinski definition) is 3. The number of carbonyl (C=O) groups excluding carboxylic acids is 2. The summed E-state index contributed by atoms with van der Waals surface area (Å²) in [5, 5.41) is 2.38. The molecule has 0 aliphatic rings. The van der Waals surface area contributed by atoms with Crippen molar-refractivity contribution in [3.05, 3.63) is 52.5 Å². The van der Waals surface area contributed by atoms with E-state index in [4.69, 9.17) is 4.74 Å². The second-order valence-corrected chi connectivity index (χ2v) is 5.58. The third-order valence-electron chi connectivity index (χ3n) is 2.99. The van der Waals surface area contributed by atoms with E-state index in [1.807, 2.05) is 0 Å². The highest BCUT2D eigenvalue weighted by atomic mass is 79.9. The van der Waals surface area contributed by atoms with E-state index in [1.165, 1.54) is 19.1 Å². The Balaban J connectivity index is 2.00. The van der Waals surface area contributed by atoms with Crippen LogP contribution in [0.2, 0.25) is 0 Å². The second-order valence-electron chi connectivity index (χ2n) is 4.67. The summed E-state index contributed by atoms with van der Waals surface area (Å²) in [5.74, 6) is -1.81. The number of esters is 1. The molecule has 2 rings (SSSR count). The van der Waals surface area contributed by atoms with Crippen molar-refractivity contribution >= 4 is 33.5 Å². The fourth-order valence-corrected chi connectivity index (χ4v) is 2.11. The van der Waals surface area contributed by atoms with Gasteiger partial charge in [-0.3, -0.25) is 4.79 Å². The number of carbonyl (C=O) groups is 2. The van der Waals surface area contributed by atoms with Crippen LogP contribution in [0.1, 0.15) is 17.4 Å². The number of hydrogen-bond donors (Lipinski definition) is 1. The van der Waals surface area contributed by atoms with Crippen molar-refractivity contribution < 1.29 is 18.7 Å². The molecule has 22 heavy (non-hydrogen) atoms. The largest absolute Gasteiger partial charge is 0.448 e. The molecule has 0 aliphatic heterocycles. The maximum Gasteiger partial charge on any atom is 0.355 e. The molecular formula is C15H14BrFN2O3. The summed E-state index contributed by atoms with van der Waals surface area (Å²) < 4.78 is 20.9. The van der Waals surface area contributed by atoms with E-state index in [0.717, 1.165) is 0 Å². The van der Waals surface area contributed by atoms with Gasteiger partial charge in [0.1, 0.15) is 11.5 Å². The predicted octanol–water partition coefficient (Wildman–Crippen LogP) is 3.11. The van der Waals surface area contributed by atoms with E-state index in [9.17, 15) is 14.0 Å². The number of nitrogens with one attached hydrogen (secondary N) is 1. The Bertz CT molecular complexity index is 715. The Kier molecular flexibility index (Phi) is 4.97. The van der Waals surface area contributed by atoms with Crippen LogP contribution < -0.4 is 5.32 Å². The van der Waals surface area contributed by atoms with Gasteiger partial charge in [-0.2, -0.15) is 0 Å². The highest BCUT2D eigenvalue weighted by molar-refractivity contribution is 9.10. The first-order valence-electron chi connectivity index (χ1n) is 6.46. The maximum absolute atomic E-state index is 13.7. The van der Waals surface area contributed by atoms with Crippen LogP contribution >= 0.6 is 15.9 Å². The summed E-state index contributed by atoms with van der Waals surface area (Å²) in [4.78, 5) is 23.9. The first-order chi connectivity index (χ1) is 10.4. The molecule has 0 spiro atoms. The van der Waals surface area contributed by atoms with E-state index in [1.54, 1.807) is 36.0 Å². The van der Waals surface area contributed by atoms with Gasteiger partial charge in [0.05, 0.1) is 5.69 Å². The molecule has 0 aliphatic carbocycles. The second kappa shape index (κ2) is 6.74. The van der Waals surface area contributed by atoms with Crippen molar-refractivity contribution in [3.63, 3.8) is 0 Å². The van der Waals surface area contributed by atoms with Gasteiger partial charge in [-0.25, -0.2) is 9.18 Å². The number of aryl methyl sites for hydroxylation is 1. The molecule has 0 fully saturated rings. The van der Waals surface area contributed by atoms with Crippen LogP contribution in [0.5, 0.6) is 0 Å². The van der Waals surface area contributed by atoms with Crippen LogP contribution in [0, 0.1) is 5.82 Å². The molecule has 1 aromatic heterocycles. The first-order valence-corrected chi connectivity index (χ1v) is 7.26. The van der Waals surface area contributed by atoms with E-state index in [-0.39, 0.29) is 5.69 Å². The third kappa shape index (κ3) is 3.73. The van der Waals surface area contributed by atoms with Crippen molar-refractivity contribution in [1.82, 2.24) is 4.57 Å². The normalized spacial score (nSPS) is 11.8. The minimum Gasteiger partial charge on any atom is -0.448 e. The van der Waals surface area contributed by atoms with Gasteiger partial charge in [-0.1, -0.05) is 15.9 Å². The van der Waals surface area contributed by atoms with Crippen LogP contribution in [0.4, 0.5) is 10.1 Å². The number of aromatic nitrogens is 1. The van der Waals surface area contributed by atoms with Gasteiger partial charge in [0.15, 0.2) is 6.10 Å². The molecule has 116 valence electrons. The molecule has 1 atom stereocenters. The lowest BCUT2D eigenvalue weighted by molar-refractivity contribution is -0.123. The molecule has 1 aromatic carbocycles. The molecule has 0 saturated heterocycles. The number of rotatable bonds is 4. The van der Waals surface area contributed by atoms with Crippen molar-refractivity contribution in [2.75, 3.05) is 5.32 Å². The third-order valence-corrected chi connectivity index (χ3v) is 3.49. The van der Waals surface area contributed by atoms with Gasteiger partial charge >= 0.3 is 5.97 Å². The van der Waals surface area contributed by atoms with Crippen molar-refractivity contribution in [2.24, 2.45) is 7.05 Å². The molecule has 1 N–H and O–H groups in total. The average Bonchev–Trinajstić information content (AvgIpc) is 2.88. The molecule has 1 heterocycles. The zero-order valence-corrected chi connectivity index (χ0v) is 13.6.